The van der Waals surface area contributed by atoms with Gasteiger partial charge in [-0.15, -0.1) is 0 Å². The second-order valence-corrected chi connectivity index (χ2v) is 5.99. The molecule has 118 valence electrons. The largest absolute Gasteiger partial charge is 0.370 e. The number of nitrogens with one attached hydrogen (secondary N) is 2. The highest BCUT2D eigenvalue weighted by molar-refractivity contribution is 5.83. The van der Waals surface area contributed by atoms with Crippen LogP contribution in [0.3, 0.4) is 0 Å². The van der Waals surface area contributed by atoms with Crippen LogP contribution in [0.25, 0.3) is 10.9 Å². The van der Waals surface area contributed by atoms with Gasteiger partial charge < -0.3 is 16.0 Å². The van der Waals surface area contributed by atoms with E-state index in [4.69, 9.17) is 5.73 Å². The quantitative estimate of drug-likeness (QED) is 0.676. The smallest absolute Gasteiger partial charge is 0.222 e. The van der Waals surface area contributed by atoms with E-state index in [1.54, 1.807) is 0 Å². The lowest BCUT2D eigenvalue weighted by molar-refractivity contribution is 0.629. The Morgan fingerprint density at radius 1 is 1.26 bits per heavy atom. The third kappa shape index (κ3) is 2.97. The molecule has 2 aromatic heterocycles. The van der Waals surface area contributed by atoms with Gasteiger partial charge in [0.1, 0.15) is 11.6 Å². The van der Waals surface area contributed by atoms with Crippen LogP contribution >= 0.6 is 0 Å². The van der Waals surface area contributed by atoms with Crippen molar-refractivity contribution in [3.63, 3.8) is 0 Å². The van der Waals surface area contributed by atoms with Gasteiger partial charge in [0.2, 0.25) is 5.95 Å². The lowest BCUT2D eigenvalue weighted by Gasteiger charge is -2.08. The van der Waals surface area contributed by atoms with Gasteiger partial charge in [-0.3, -0.25) is 0 Å². The van der Waals surface area contributed by atoms with Crippen LogP contribution in [0.4, 0.5) is 16.2 Å². The van der Waals surface area contributed by atoms with Crippen LogP contribution in [0, 0.1) is 5.82 Å². The second-order valence-electron chi connectivity index (χ2n) is 5.99. The van der Waals surface area contributed by atoms with Crippen molar-refractivity contribution in [2.24, 2.45) is 0 Å². The van der Waals surface area contributed by atoms with E-state index >= 15 is 0 Å². The molecule has 4 N–H and O–H groups in total. The average Bonchev–Trinajstić information content (AvgIpc) is 3.30. The van der Waals surface area contributed by atoms with Gasteiger partial charge in [0, 0.05) is 35.6 Å². The number of nitrogen functional groups attached to an aromatic ring is 1. The zero-order valence-electron chi connectivity index (χ0n) is 12.6. The third-order valence-corrected chi connectivity index (χ3v) is 4.19. The van der Waals surface area contributed by atoms with Crippen LogP contribution < -0.4 is 11.1 Å². The van der Waals surface area contributed by atoms with Crippen LogP contribution in [-0.4, -0.2) is 21.5 Å². The molecule has 0 saturated heterocycles. The Kier molecular flexibility index (Phi) is 3.37. The van der Waals surface area contributed by atoms with E-state index in [9.17, 15) is 4.39 Å². The maximum absolute atomic E-state index is 13.2. The van der Waals surface area contributed by atoms with Crippen LogP contribution in [0.2, 0.25) is 0 Å². The number of H-pyrrole nitrogens is 1. The molecule has 0 radical (unpaired) electrons. The molecule has 4 rings (SSSR count). The average molecular weight is 311 g/mol. The zero-order chi connectivity index (χ0) is 15.8. The number of hydrogen-bond acceptors (Lipinski definition) is 4. The Labute approximate surface area is 133 Å². The molecule has 0 unspecified atom stereocenters. The predicted molar refractivity (Wildman–Crippen MR) is 88.9 cm³/mol. The molecule has 1 saturated carbocycles. The molecule has 23 heavy (non-hydrogen) atoms. The number of anilines is 2. The van der Waals surface area contributed by atoms with Crippen LogP contribution in [0.1, 0.15) is 30.0 Å². The highest BCUT2D eigenvalue weighted by Gasteiger charge is 2.25. The summed E-state index contributed by atoms with van der Waals surface area (Å²) in [4.78, 5) is 11.6. The van der Waals surface area contributed by atoms with E-state index in [0.29, 0.717) is 11.9 Å². The van der Waals surface area contributed by atoms with Crippen molar-refractivity contribution in [2.75, 3.05) is 17.6 Å². The second kappa shape index (κ2) is 5.53. The minimum atomic E-state index is -0.229. The summed E-state index contributed by atoms with van der Waals surface area (Å²) in [6, 6.07) is 6.79. The molecule has 0 bridgehead atoms. The molecule has 0 amide bonds. The van der Waals surface area contributed by atoms with Crippen molar-refractivity contribution >= 4 is 22.7 Å². The summed E-state index contributed by atoms with van der Waals surface area (Å²) in [5, 5.41) is 4.35. The molecule has 1 aliphatic rings. The predicted octanol–water partition coefficient (Wildman–Crippen LogP) is 3.21. The molecule has 5 nitrogen and oxygen atoms in total. The number of aromatic amines is 1. The Bertz CT molecular complexity index is 853. The third-order valence-electron chi connectivity index (χ3n) is 4.19. The van der Waals surface area contributed by atoms with Gasteiger partial charge in [0.15, 0.2) is 0 Å². The van der Waals surface area contributed by atoms with E-state index < -0.39 is 0 Å². The molecule has 1 aromatic carbocycles. The van der Waals surface area contributed by atoms with Gasteiger partial charge in [-0.1, -0.05) is 0 Å². The van der Waals surface area contributed by atoms with Gasteiger partial charge in [-0.05, 0) is 43.0 Å². The van der Waals surface area contributed by atoms with E-state index in [2.05, 4.69) is 20.3 Å². The zero-order valence-corrected chi connectivity index (χ0v) is 12.6. The fourth-order valence-corrected chi connectivity index (χ4v) is 2.85. The van der Waals surface area contributed by atoms with Crippen molar-refractivity contribution in [2.45, 2.75) is 25.2 Å². The summed E-state index contributed by atoms with van der Waals surface area (Å²) in [6.07, 6.45) is 5.10. The number of rotatable bonds is 5. The first kappa shape index (κ1) is 14.0. The molecule has 3 aromatic rings. The highest BCUT2D eigenvalue weighted by atomic mass is 19.1. The van der Waals surface area contributed by atoms with E-state index in [1.165, 1.54) is 25.0 Å². The Balaban J connectivity index is 1.45. The fraction of sp³-hybridized carbons (Fsp3) is 0.294. The summed E-state index contributed by atoms with van der Waals surface area (Å²) in [6.45, 7) is 0.727. The maximum atomic E-state index is 13.2. The monoisotopic (exact) mass is 311 g/mol. The molecular weight excluding hydrogens is 293 g/mol. The fourth-order valence-electron chi connectivity index (χ4n) is 2.85. The van der Waals surface area contributed by atoms with Crippen molar-refractivity contribution in [1.29, 1.82) is 0 Å². The standard InChI is InChI=1S/C17H18FN5/c18-12-3-4-13-11(9-21-15(13)7-12)5-6-20-16-8-14(10-1-2-10)22-17(19)23-16/h3-4,7-10,21H,1-2,5-6H2,(H3,19,20,22,23). The summed E-state index contributed by atoms with van der Waals surface area (Å²) in [7, 11) is 0. The first-order chi connectivity index (χ1) is 11.2. The van der Waals surface area contributed by atoms with Crippen LogP contribution in [0.5, 0.6) is 0 Å². The first-order valence-electron chi connectivity index (χ1n) is 7.83. The van der Waals surface area contributed by atoms with Crippen LogP contribution in [0.15, 0.2) is 30.5 Å². The number of nitrogens with zero attached hydrogens (tertiary/aromatic N) is 2. The van der Waals surface area contributed by atoms with Gasteiger partial charge in [-0.2, -0.15) is 4.98 Å². The minimum absolute atomic E-state index is 0.229. The molecule has 6 heteroatoms. The minimum Gasteiger partial charge on any atom is -0.370 e. The number of halogens is 1. The van der Waals surface area contributed by atoms with E-state index in [0.717, 1.165) is 40.9 Å². The molecule has 0 spiro atoms. The topological polar surface area (TPSA) is 79.6 Å². The van der Waals surface area contributed by atoms with Crippen molar-refractivity contribution in [3.05, 3.63) is 47.5 Å². The Morgan fingerprint density at radius 2 is 2.13 bits per heavy atom. The normalized spacial score (nSPS) is 14.3. The van der Waals surface area contributed by atoms with Gasteiger partial charge in [0.05, 0.1) is 5.69 Å². The van der Waals surface area contributed by atoms with Crippen molar-refractivity contribution in [1.82, 2.24) is 15.0 Å². The summed E-state index contributed by atoms with van der Waals surface area (Å²) in [5.41, 5.74) is 8.78. The molecule has 1 fully saturated rings. The number of benzene rings is 1. The molecule has 1 aliphatic carbocycles. The Morgan fingerprint density at radius 3 is 2.96 bits per heavy atom. The van der Waals surface area contributed by atoms with Gasteiger partial charge in [-0.25, -0.2) is 9.37 Å². The Hall–Kier alpha value is -2.63. The number of nitrogens with two attached hydrogens (primary N) is 1. The van der Waals surface area contributed by atoms with Crippen molar-refractivity contribution in [3.8, 4) is 0 Å². The SMILES string of the molecule is Nc1nc(NCCc2c[nH]c3cc(F)ccc23)cc(C2CC2)n1. The first-order valence-corrected chi connectivity index (χ1v) is 7.83. The molecule has 2 heterocycles. The summed E-state index contributed by atoms with van der Waals surface area (Å²) >= 11 is 0. The van der Waals surface area contributed by atoms with Crippen LogP contribution in [-0.2, 0) is 6.42 Å². The molecular formula is C17H18FN5. The van der Waals surface area contributed by atoms with E-state index in [1.807, 2.05) is 18.3 Å². The maximum Gasteiger partial charge on any atom is 0.222 e. The lowest BCUT2D eigenvalue weighted by Crippen LogP contribution is -2.09. The number of fused-ring (bicyclic) bond motifs is 1. The van der Waals surface area contributed by atoms with E-state index in [-0.39, 0.29) is 5.82 Å². The molecule has 0 aliphatic heterocycles. The number of hydrogen-bond donors (Lipinski definition) is 3. The van der Waals surface area contributed by atoms with Gasteiger partial charge in [0.25, 0.3) is 0 Å². The van der Waals surface area contributed by atoms with Gasteiger partial charge >= 0.3 is 0 Å². The molecule has 0 atom stereocenters. The lowest BCUT2D eigenvalue weighted by atomic mass is 10.1. The summed E-state index contributed by atoms with van der Waals surface area (Å²) in [5.74, 6) is 1.40. The highest BCUT2D eigenvalue weighted by Crippen LogP contribution is 2.39. The van der Waals surface area contributed by atoms with Crippen molar-refractivity contribution < 1.29 is 4.39 Å². The summed E-state index contributed by atoms with van der Waals surface area (Å²) < 4.78 is 13.2. The number of aromatic nitrogens is 3.